The molecule has 1 saturated carbocycles. The van der Waals surface area contributed by atoms with Crippen molar-refractivity contribution in [3.63, 3.8) is 0 Å². The third kappa shape index (κ3) is 2.93. The van der Waals surface area contributed by atoms with E-state index in [4.69, 9.17) is 4.74 Å². The molecular formula is C17H21NO2. The van der Waals surface area contributed by atoms with Crippen LogP contribution < -0.4 is 0 Å². The molecule has 1 aromatic carbocycles. The summed E-state index contributed by atoms with van der Waals surface area (Å²) in [5.41, 5.74) is 2.90. The molecule has 3 heteroatoms. The number of fused-ring (bicyclic) bond motifs is 2. The quantitative estimate of drug-likeness (QED) is 0.623. The average molecular weight is 271 g/mol. The van der Waals surface area contributed by atoms with Crippen LogP contribution in [0.15, 0.2) is 42.0 Å². The molecule has 0 N–H and O–H groups in total. The number of esters is 1. The van der Waals surface area contributed by atoms with Crippen LogP contribution in [0.3, 0.4) is 0 Å². The minimum Gasteiger partial charge on any atom is -0.462 e. The van der Waals surface area contributed by atoms with Gasteiger partial charge in [0.25, 0.3) is 0 Å². The van der Waals surface area contributed by atoms with Crippen LogP contribution in [0.2, 0.25) is 0 Å². The molecule has 2 saturated heterocycles. The second kappa shape index (κ2) is 5.80. The smallest absolute Gasteiger partial charge is 0.302 e. The van der Waals surface area contributed by atoms with Crippen LogP contribution in [-0.4, -0.2) is 30.6 Å². The van der Waals surface area contributed by atoms with Gasteiger partial charge in [-0.25, -0.2) is 0 Å². The van der Waals surface area contributed by atoms with E-state index in [1.165, 1.54) is 24.5 Å². The normalized spacial score (nSPS) is 24.9. The summed E-state index contributed by atoms with van der Waals surface area (Å²) in [5.74, 6) is 1.15. The van der Waals surface area contributed by atoms with E-state index in [0.29, 0.717) is 18.4 Å². The van der Waals surface area contributed by atoms with E-state index in [2.05, 4.69) is 41.3 Å². The van der Waals surface area contributed by atoms with E-state index >= 15 is 0 Å². The molecule has 2 unspecified atom stereocenters. The van der Waals surface area contributed by atoms with Crippen LogP contribution in [-0.2, 0) is 16.1 Å². The molecule has 0 radical (unpaired) electrons. The van der Waals surface area contributed by atoms with Crippen molar-refractivity contribution >= 4 is 5.97 Å². The molecule has 0 spiro atoms. The Morgan fingerprint density at radius 1 is 1.30 bits per heavy atom. The molecule has 0 amide bonds. The maximum Gasteiger partial charge on any atom is 0.302 e. The van der Waals surface area contributed by atoms with E-state index in [9.17, 15) is 4.79 Å². The highest BCUT2D eigenvalue weighted by Gasteiger charge is 2.41. The Kier molecular flexibility index (Phi) is 3.88. The second-order valence-corrected chi connectivity index (χ2v) is 5.82. The lowest BCUT2D eigenvalue weighted by Crippen LogP contribution is -2.50. The van der Waals surface area contributed by atoms with Gasteiger partial charge in [-0.15, -0.1) is 0 Å². The summed E-state index contributed by atoms with van der Waals surface area (Å²) in [6, 6.07) is 10.7. The fourth-order valence-electron chi connectivity index (χ4n) is 3.41. The topological polar surface area (TPSA) is 29.5 Å². The summed E-state index contributed by atoms with van der Waals surface area (Å²) in [4.78, 5) is 13.3. The predicted molar refractivity (Wildman–Crippen MR) is 78.0 cm³/mol. The van der Waals surface area contributed by atoms with Gasteiger partial charge < -0.3 is 4.74 Å². The first-order chi connectivity index (χ1) is 9.72. The first-order valence-electron chi connectivity index (χ1n) is 7.32. The van der Waals surface area contributed by atoms with Crippen LogP contribution in [0.5, 0.6) is 0 Å². The molecule has 1 aromatic rings. The molecule has 2 aliphatic heterocycles. The summed E-state index contributed by atoms with van der Waals surface area (Å²) < 4.78 is 5.01. The van der Waals surface area contributed by atoms with Crippen LogP contribution in [0.25, 0.3) is 0 Å². The second-order valence-electron chi connectivity index (χ2n) is 5.82. The summed E-state index contributed by atoms with van der Waals surface area (Å²) in [6.45, 7) is 5.22. The summed E-state index contributed by atoms with van der Waals surface area (Å²) in [6.07, 6.45) is 3.43. The lowest BCUT2D eigenvalue weighted by Gasteiger charge is -2.50. The molecule has 3 aliphatic rings. The molecule has 1 aliphatic carbocycles. The van der Waals surface area contributed by atoms with Crippen LogP contribution in [0, 0.1) is 11.8 Å². The van der Waals surface area contributed by atoms with Crippen LogP contribution >= 0.6 is 0 Å². The van der Waals surface area contributed by atoms with Gasteiger partial charge in [-0.05, 0) is 29.9 Å². The van der Waals surface area contributed by atoms with Crippen molar-refractivity contribution < 1.29 is 9.53 Å². The van der Waals surface area contributed by atoms with E-state index in [0.717, 1.165) is 19.6 Å². The van der Waals surface area contributed by atoms with Crippen molar-refractivity contribution in [1.82, 2.24) is 4.90 Å². The Labute approximate surface area is 120 Å². The van der Waals surface area contributed by atoms with Crippen molar-refractivity contribution in [1.29, 1.82) is 0 Å². The van der Waals surface area contributed by atoms with Crippen molar-refractivity contribution in [2.75, 3.05) is 19.7 Å². The molecule has 20 heavy (non-hydrogen) atoms. The van der Waals surface area contributed by atoms with Crippen LogP contribution in [0.4, 0.5) is 0 Å². The van der Waals surface area contributed by atoms with E-state index in [-0.39, 0.29) is 5.97 Å². The third-order valence-electron chi connectivity index (χ3n) is 4.32. The SMILES string of the molecule is CC(=O)OCC=C1C2CC1CN(Cc1ccccc1)C2. The molecule has 3 nitrogen and oxygen atoms in total. The number of ether oxygens (including phenoxy) is 1. The van der Waals surface area contributed by atoms with E-state index in [1.807, 2.05) is 0 Å². The maximum absolute atomic E-state index is 10.8. The third-order valence-corrected chi connectivity index (χ3v) is 4.32. The van der Waals surface area contributed by atoms with Gasteiger partial charge in [0, 0.05) is 26.6 Å². The number of hydrogen-bond donors (Lipinski definition) is 0. The Morgan fingerprint density at radius 3 is 2.65 bits per heavy atom. The van der Waals surface area contributed by atoms with Gasteiger partial charge in [-0.3, -0.25) is 9.69 Å². The minimum absolute atomic E-state index is 0.197. The Bertz CT molecular complexity index is 495. The molecule has 0 aromatic heterocycles. The lowest BCUT2D eigenvalue weighted by molar-refractivity contribution is -0.139. The Balaban J connectivity index is 1.53. The largest absolute Gasteiger partial charge is 0.462 e. The summed E-state index contributed by atoms with van der Waals surface area (Å²) in [7, 11) is 0. The highest BCUT2D eigenvalue weighted by atomic mass is 16.5. The van der Waals surface area contributed by atoms with Gasteiger partial charge in [0.2, 0.25) is 0 Å². The number of piperidine rings is 2. The summed E-state index contributed by atoms with van der Waals surface area (Å²) >= 11 is 0. The first kappa shape index (κ1) is 13.4. The summed E-state index contributed by atoms with van der Waals surface area (Å²) in [5, 5.41) is 0. The van der Waals surface area contributed by atoms with Gasteiger partial charge in [0.15, 0.2) is 0 Å². The number of benzene rings is 1. The number of nitrogens with zero attached hydrogens (tertiary/aromatic N) is 1. The number of carbonyl (C=O) groups is 1. The number of carbonyl (C=O) groups excluding carboxylic acids is 1. The standard InChI is InChI=1S/C17H21NO2/c1-13(19)20-8-7-17-15-9-16(17)12-18(11-15)10-14-5-3-2-4-6-14/h2-7,15-16H,8-12H2,1H3. The van der Waals surface area contributed by atoms with Crippen molar-refractivity contribution in [2.24, 2.45) is 11.8 Å². The first-order valence-corrected chi connectivity index (χ1v) is 7.32. The van der Waals surface area contributed by atoms with Crippen LogP contribution in [0.1, 0.15) is 18.9 Å². The van der Waals surface area contributed by atoms with Gasteiger partial charge in [0.05, 0.1) is 0 Å². The van der Waals surface area contributed by atoms with Crippen molar-refractivity contribution in [3.8, 4) is 0 Å². The van der Waals surface area contributed by atoms with E-state index < -0.39 is 0 Å². The van der Waals surface area contributed by atoms with Gasteiger partial charge >= 0.3 is 5.97 Å². The van der Waals surface area contributed by atoms with E-state index in [1.54, 1.807) is 0 Å². The highest BCUT2D eigenvalue weighted by molar-refractivity contribution is 5.66. The molecule has 106 valence electrons. The van der Waals surface area contributed by atoms with Crippen molar-refractivity contribution in [2.45, 2.75) is 19.9 Å². The Morgan fingerprint density at radius 2 is 2.00 bits per heavy atom. The molecular weight excluding hydrogens is 250 g/mol. The maximum atomic E-state index is 10.8. The highest BCUT2D eigenvalue weighted by Crippen LogP contribution is 2.45. The lowest BCUT2D eigenvalue weighted by atomic mass is 9.66. The zero-order valence-corrected chi connectivity index (χ0v) is 11.9. The number of rotatable bonds is 4. The molecule has 2 heterocycles. The zero-order chi connectivity index (χ0) is 13.9. The zero-order valence-electron chi connectivity index (χ0n) is 11.9. The monoisotopic (exact) mass is 271 g/mol. The molecule has 4 rings (SSSR count). The molecule has 3 fully saturated rings. The van der Waals surface area contributed by atoms with Crippen molar-refractivity contribution in [3.05, 3.63) is 47.5 Å². The van der Waals surface area contributed by atoms with Gasteiger partial charge in [0.1, 0.15) is 6.61 Å². The Hall–Kier alpha value is -1.61. The van der Waals surface area contributed by atoms with Gasteiger partial charge in [-0.1, -0.05) is 35.9 Å². The molecule has 2 atom stereocenters. The minimum atomic E-state index is -0.197. The number of hydrogen-bond acceptors (Lipinski definition) is 3. The fraction of sp³-hybridized carbons (Fsp3) is 0.471. The predicted octanol–water partition coefficient (Wildman–Crippen LogP) is 2.63. The van der Waals surface area contributed by atoms with Gasteiger partial charge in [-0.2, -0.15) is 0 Å². The average Bonchev–Trinajstić information content (AvgIpc) is 2.44. The fourth-order valence-corrected chi connectivity index (χ4v) is 3.41. The molecule has 2 bridgehead atoms.